The molecular weight excluding hydrogens is 588 g/mol. The summed E-state index contributed by atoms with van der Waals surface area (Å²) in [5.41, 5.74) is 4.11. The topological polar surface area (TPSA) is 99.3 Å². The first-order valence-electron chi connectivity index (χ1n) is 16.5. The van der Waals surface area contributed by atoms with Gasteiger partial charge in [0, 0.05) is 47.8 Å². The molecule has 0 aliphatic carbocycles. The third kappa shape index (κ3) is 10.3. The molecule has 0 aliphatic rings. The van der Waals surface area contributed by atoms with Crippen molar-refractivity contribution in [3.8, 4) is 0 Å². The molecule has 4 rings (SSSR count). The third-order valence-electron chi connectivity index (χ3n) is 7.98. The van der Waals surface area contributed by atoms with Gasteiger partial charge >= 0.3 is 11.9 Å². The Morgan fingerprint density at radius 2 is 0.936 bits per heavy atom. The molecule has 12 heteroatoms. The van der Waals surface area contributed by atoms with Crippen LogP contribution in [0.25, 0.3) is 0 Å². The van der Waals surface area contributed by atoms with E-state index in [9.17, 15) is 0 Å². The van der Waals surface area contributed by atoms with Gasteiger partial charge in [-0.15, -0.1) is 9.36 Å². The van der Waals surface area contributed by atoms with Crippen molar-refractivity contribution >= 4 is 34.6 Å². The molecule has 0 bridgehead atoms. The summed E-state index contributed by atoms with van der Waals surface area (Å²) in [6.45, 7) is 19.8. The van der Waals surface area contributed by atoms with Gasteiger partial charge < -0.3 is 9.80 Å². The first-order valence-corrected chi connectivity index (χ1v) is 16.5. The molecule has 0 fully saturated rings. The number of unbranched alkanes of at least 4 members (excludes halogenated alkanes) is 2. The summed E-state index contributed by atoms with van der Waals surface area (Å²) in [5, 5.41) is 26.6. The van der Waals surface area contributed by atoms with Crippen LogP contribution in [0.3, 0.4) is 0 Å². The zero-order valence-corrected chi connectivity index (χ0v) is 27.9. The van der Waals surface area contributed by atoms with E-state index in [0.29, 0.717) is 0 Å². The first-order chi connectivity index (χ1) is 22.0. The number of nitrogens with zero attached hydrogens (tertiary/aromatic N) is 12. The Hall–Kier alpha value is -4.48. The average molecular weight is 647 g/mol. The van der Waals surface area contributed by atoms with Gasteiger partial charge in [-0.3, -0.25) is 0 Å². The van der Waals surface area contributed by atoms with Crippen molar-refractivity contribution in [1.82, 2.24) is 19.6 Å². The summed E-state index contributed by atoms with van der Waals surface area (Å²) in [6.07, 6.45) is 7.08. The van der Waals surface area contributed by atoms with Crippen LogP contribution in [-0.2, 0) is 26.2 Å². The number of benzene rings is 2. The summed E-state index contributed by atoms with van der Waals surface area (Å²) in [4.78, 5) is 4.86. The van der Waals surface area contributed by atoms with Gasteiger partial charge in [-0.25, -0.2) is 9.13 Å². The molecule has 0 radical (unpaired) electrons. The number of azo groups is 2. The minimum Gasteiger partial charge on any atom is -0.372 e. The van der Waals surface area contributed by atoms with E-state index in [0.717, 1.165) is 88.5 Å². The van der Waals surface area contributed by atoms with E-state index < -0.39 is 0 Å². The second-order valence-corrected chi connectivity index (χ2v) is 10.7. The fourth-order valence-electron chi connectivity index (χ4n) is 5.25. The predicted octanol–water partition coefficient (Wildman–Crippen LogP) is 8.36. The minimum atomic E-state index is 0. The van der Waals surface area contributed by atoms with Crippen LogP contribution in [0, 0.1) is 0 Å². The Morgan fingerprint density at radius 3 is 1.26 bits per heavy atom. The van der Waals surface area contributed by atoms with Gasteiger partial charge in [0.15, 0.2) is 0 Å². The molecule has 0 aliphatic heterocycles. The van der Waals surface area contributed by atoms with Crippen molar-refractivity contribution in [3.63, 3.8) is 0 Å². The smallest absolute Gasteiger partial charge is 0.372 e. The molecule has 0 spiro atoms. The van der Waals surface area contributed by atoms with E-state index in [1.807, 2.05) is 42.8 Å². The van der Waals surface area contributed by atoms with Crippen molar-refractivity contribution in [2.45, 2.75) is 102 Å². The van der Waals surface area contributed by atoms with Crippen LogP contribution < -0.4 is 18.9 Å². The van der Waals surface area contributed by atoms with Crippen molar-refractivity contribution in [2.75, 3.05) is 36.0 Å². The summed E-state index contributed by atoms with van der Waals surface area (Å²) < 4.78 is 7.71. The average Bonchev–Trinajstić information content (AvgIpc) is 3.69. The highest BCUT2D eigenvalue weighted by molar-refractivity contribution is 5.53. The monoisotopic (exact) mass is 646 g/mol. The first kappa shape index (κ1) is 38.7. The van der Waals surface area contributed by atoms with Crippen LogP contribution in [0.15, 0.2) is 81.6 Å². The lowest BCUT2D eigenvalue weighted by molar-refractivity contribution is -0.681. The molecule has 2 aromatic heterocycles. The molecule has 0 saturated carbocycles. The van der Waals surface area contributed by atoms with Crippen LogP contribution in [0.2, 0.25) is 0 Å². The van der Waals surface area contributed by atoms with Crippen LogP contribution in [0.5, 0.6) is 0 Å². The molecule has 0 N–H and O–H groups in total. The molecule has 2 aromatic carbocycles. The fourth-order valence-corrected chi connectivity index (χ4v) is 5.25. The van der Waals surface area contributed by atoms with Gasteiger partial charge in [0.2, 0.25) is 12.7 Å². The van der Waals surface area contributed by atoms with Gasteiger partial charge in [-0.1, -0.05) is 25.1 Å². The van der Waals surface area contributed by atoms with Gasteiger partial charge in [0.25, 0.3) is 0 Å². The van der Waals surface area contributed by atoms with Crippen molar-refractivity contribution < 1.29 is 9.13 Å². The highest BCUT2D eigenvalue weighted by atomic mass is 15.4. The normalized spacial score (nSPS) is 11.2. The minimum absolute atomic E-state index is 0. The van der Waals surface area contributed by atoms with Gasteiger partial charge in [-0.2, -0.15) is 0 Å². The molecule has 4 aromatic rings. The molecule has 256 valence electrons. The largest absolute Gasteiger partial charge is 0.403 e. The number of aryl methyl sites for hydroxylation is 4. The summed E-state index contributed by atoms with van der Waals surface area (Å²) >= 11 is 0. The van der Waals surface area contributed by atoms with E-state index >= 15 is 0 Å². The number of hydrogen-bond donors (Lipinski definition) is 0. The Morgan fingerprint density at radius 1 is 0.553 bits per heavy atom. The van der Waals surface area contributed by atoms with Crippen LogP contribution >= 0.6 is 0 Å². The molecule has 0 unspecified atom stereocenters. The van der Waals surface area contributed by atoms with Crippen molar-refractivity contribution in [3.05, 3.63) is 61.2 Å². The zero-order valence-electron chi connectivity index (χ0n) is 27.9. The molecule has 47 heavy (non-hydrogen) atoms. The second-order valence-electron chi connectivity index (χ2n) is 10.7. The molecule has 12 nitrogen and oxygen atoms in total. The molecule has 0 saturated heterocycles. The van der Waals surface area contributed by atoms with Crippen LogP contribution in [0.1, 0.15) is 75.7 Å². The number of rotatable bonds is 18. The van der Waals surface area contributed by atoms with Crippen molar-refractivity contribution in [2.24, 2.45) is 20.5 Å². The maximum absolute atomic E-state index is 4.48. The van der Waals surface area contributed by atoms with E-state index in [1.54, 1.807) is 12.7 Å². The summed E-state index contributed by atoms with van der Waals surface area (Å²) in [7, 11) is 0. The molecular formula is C35H58N12+2. The quantitative estimate of drug-likeness (QED) is 0.0616. The van der Waals surface area contributed by atoms with Crippen LogP contribution in [-0.4, -0.2) is 45.7 Å². The van der Waals surface area contributed by atoms with Crippen LogP contribution in [0.4, 0.5) is 34.6 Å². The number of anilines is 2. The zero-order chi connectivity index (χ0) is 32.0. The van der Waals surface area contributed by atoms with Gasteiger partial charge in [-0.05, 0) is 120 Å². The Bertz CT molecular complexity index is 1350. The lowest BCUT2D eigenvalue weighted by Crippen LogP contribution is -2.30. The Balaban J connectivity index is 0.00000384. The maximum Gasteiger partial charge on any atom is 0.403 e. The SMILES string of the molecule is C.C.CCN(CCCCCN(CC)c1ccc(N=Nc2n(CC)nc[n+]2CC)cc1)c1ccc(N=Nc2n(CC)nc[n+]2CC)cc1. The van der Waals surface area contributed by atoms with Crippen molar-refractivity contribution in [1.29, 1.82) is 0 Å². The highest BCUT2D eigenvalue weighted by Gasteiger charge is 2.17. The predicted molar refractivity (Wildman–Crippen MR) is 192 cm³/mol. The fraction of sp³-hybridized carbons (Fsp3) is 0.543. The third-order valence-corrected chi connectivity index (χ3v) is 7.98. The Kier molecular flexibility index (Phi) is 16.4. The lowest BCUT2D eigenvalue weighted by Gasteiger charge is -2.25. The second kappa shape index (κ2) is 19.9. The standard InChI is InChI=1S/C33H50N12.2CH4/c1-7-40(30-20-16-28(17-21-30)36-38-32-42(9-3)26-34-44(32)11-5)24-14-13-15-25-41(8-2)31-22-18-29(19-23-31)37-39-33-43(10-4)27-35-45(33)12-6;;/h16-23,26-27H,7-15,24-25H2,1-6H3;2*1H4/q+2;;. The van der Waals surface area contributed by atoms with E-state index in [1.165, 1.54) is 17.8 Å². The van der Waals surface area contributed by atoms with E-state index in [4.69, 9.17) is 0 Å². The van der Waals surface area contributed by atoms with Gasteiger partial charge in [0.1, 0.15) is 0 Å². The maximum atomic E-state index is 4.48. The number of aromatic nitrogens is 6. The Labute approximate surface area is 282 Å². The lowest BCUT2D eigenvalue weighted by atomic mass is 10.2. The van der Waals surface area contributed by atoms with E-state index in [-0.39, 0.29) is 14.9 Å². The van der Waals surface area contributed by atoms with E-state index in [2.05, 4.69) is 106 Å². The summed E-state index contributed by atoms with van der Waals surface area (Å²) in [5.74, 6) is 1.53. The summed E-state index contributed by atoms with van der Waals surface area (Å²) in [6, 6.07) is 16.7. The molecule has 0 atom stereocenters. The number of hydrogen-bond acceptors (Lipinski definition) is 8. The van der Waals surface area contributed by atoms with Gasteiger partial charge in [0.05, 0.1) is 37.6 Å². The molecule has 0 amide bonds. The highest BCUT2D eigenvalue weighted by Crippen LogP contribution is 2.24. The molecule has 2 heterocycles.